The number of nitrogens with one attached hydrogen (secondary N) is 1. The molecule has 0 amide bonds. The van der Waals surface area contributed by atoms with E-state index in [9.17, 15) is 0 Å². The van der Waals surface area contributed by atoms with Crippen LogP contribution in [-0.2, 0) is 13.0 Å². The zero-order chi connectivity index (χ0) is 15.6. The molecule has 1 atom stereocenters. The van der Waals surface area contributed by atoms with Gasteiger partial charge in [0.15, 0.2) is 5.82 Å². The first-order chi connectivity index (χ1) is 11.3. The van der Waals surface area contributed by atoms with Crippen molar-refractivity contribution in [3.63, 3.8) is 0 Å². The third kappa shape index (κ3) is 2.63. The number of hydrogen-bond acceptors (Lipinski definition) is 6. The maximum absolute atomic E-state index is 5.30. The van der Waals surface area contributed by atoms with Crippen molar-refractivity contribution in [2.75, 3.05) is 10.2 Å². The molecule has 0 spiro atoms. The Kier molecular flexibility index (Phi) is 3.42. The molecule has 1 unspecified atom stereocenters. The molecule has 1 aliphatic heterocycles. The van der Waals surface area contributed by atoms with Crippen LogP contribution in [0, 0.1) is 0 Å². The van der Waals surface area contributed by atoms with Crippen LogP contribution in [0.4, 0.5) is 17.5 Å². The number of nitrogens with zero attached hydrogens (tertiary/aromatic N) is 4. The Balaban J connectivity index is 1.59. The molecule has 0 aliphatic carbocycles. The van der Waals surface area contributed by atoms with Gasteiger partial charge in [0.25, 0.3) is 0 Å². The van der Waals surface area contributed by atoms with Gasteiger partial charge < -0.3 is 14.6 Å². The zero-order valence-electron chi connectivity index (χ0n) is 12.8. The average molecular weight is 307 g/mol. The van der Waals surface area contributed by atoms with E-state index < -0.39 is 0 Å². The fourth-order valence-electron chi connectivity index (χ4n) is 2.98. The van der Waals surface area contributed by atoms with Gasteiger partial charge in [-0.25, -0.2) is 0 Å². The number of anilines is 3. The number of benzene rings is 1. The highest BCUT2D eigenvalue weighted by molar-refractivity contribution is 5.68. The van der Waals surface area contributed by atoms with Crippen LogP contribution in [0.5, 0.6) is 0 Å². The van der Waals surface area contributed by atoms with Gasteiger partial charge in [-0.3, -0.25) is 0 Å². The minimum absolute atomic E-state index is 0.349. The van der Waals surface area contributed by atoms with Crippen LogP contribution in [-0.4, -0.2) is 21.2 Å². The summed E-state index contributed by atoms with van der Waals surface area (Å²) in [4.78, 5) is 6.81. The standard InChI is InChI=1S/C17H17N5O/c1-12-9-13-5-2-3-7-15(13)22(12)16-11-19-21-17(20-16)18-10-14-6-4-8-23-14/h2-8,11-12H,9-10H2,1H3,(H,18,20,21). The van der Waals surface area contributed by atoms with E-state index in [1.54, 1.807) is 12.5 Å². The molecule has 0 saturated heterocycles. The van der Waals surface area contributed by atoms with Crippen LogP contribution in [0.1, 0.15) is 18.2 Å². The molecule has 0 bridgehead atoms. The van der Waals surface area contributed by atoms with Crippen LogP contribution >= 0.6 is 0 Å². The van der Waals surface area contributed by atoms with Gasteiger partial charge in [0.1, 0.15) is 5.76 Å². The quantitative estimate of drug-likeness (QED) is 0.798. The first-order valence-corrected chi connectivity index (χ1v) is 7.64. The maximum Gasteiger partial charge on any atom is 0.245 e. The molecule has 3 aromatic rings. The molecule has 4 rings (SSSR count). The zero-order valence-corrected chi connectivity index (χ0v) is 12.8. The van der Waals surface area contributed by atoms with Crippen molar-refractivity contribution in [3.8, 4) is 0 Å². The predicted molar refractivity (Wildman–Crippen MR) is 87.6 cm³/mol. The van der Waals surface area contributed by atoms with Crippen molar-refractivity contribution < 1.29 is 4.42 Å². The third-order valence-corrected chi connectivity index (χ3v) is 4.00. The summed E-state index contributed by atoms with van der Waals surface area (Å²) < 4.78 is 5.30. The van der Waals surface area contributed by atoms with Gasteiger partial charge >= 0.3 is 0 Å². The smallest absolute Gasteiger partial charge is 0.245 e. The fourth-order valence-corrected chi connectivity index (χ4v) is 2.98. The van der Waals surface area contributed by atoms with Crippen molar-refractivity contribution in [2.24, 2.45) is 0 Å². The summed E-state index contributed by atoms with van der Waals surface area (Å²) in [5, 5.41) is 11.3. The van der Waals surface area contributed by atoms with Gasteiger partial charge in [-0.05, 0) is 37.1 Å². The lowest BCUT2D eigenvalue weighted by molar-refractivity contribution is 0.517. The summed E-state index contributed by atoms with van der Waals surface area (Å²) in [6.07, 6.45) is 4.36. The van der Waals surface area contributed by atoms with Gasteiger partial charge in [-0.15, -0.1) is 5.10 Å². The molecule has 6 heteroatoms. The summed E-state index contributed by atoms with van der Waals surface area (Å²) in [5.74, 6) is 2.13. The third-order valence-electron chi connectivity index (χ3n) is 4.00. The number of para-hydroxylation sites is 1. The van der Waals surface area contributed by atoms with Gasteiger partial charge in [0.05, 0.1) is 19.0 Å². The maximum atomic E-state index is 5.30. The molecule has 0 saturated carbocycles. The monoisotopic (exact) mass is 307 g/mol. The highest BCUT2D eigenvalue weighted by Gasteiger charge is 2.28. The molecule has 23 heavy (non-hydrogen) atoms. The van der Waals surface area contributed by atoms with E-state index in [2.05, 4.69) is 56.6 Å². The Morgan fingerprint density at radius 2 is 2.17 bits per heavy atom. The van der Waals surface area contributed by atoms with E-state index in [1.165, 1.54) is 11.3 Å². The van der Waals surface area contributed by atoms with Crippen molar-refractivity contribution in [3.05, 3.63) is 60.2 Å². The molecule has 0 fully saturated rings. The lowest BCUT2D eigenvalue weighted by Gasteiger charge is -2.23. The number of fused-ring (bicyclic) bond motifs is 1. The highest BCUT2D eigenvalue weighted by Crippen LogP contribution is 2.36. The van der Waals surface area contributed by atoms with Crippen molar-refractivity contribution in [1.29, 1.82) is 0 Å². The number of furan rings is 1. The summed E-state index contributed by atoms with van der Waals surface area (Å²) in [7, 11) is 0. The molecular weight excluding hydrogens is 290 g/mol. The predicted octanol–water partition coefficient (Wildman–Crippen LogP) is 3.16. The fraction of sp³-hybridized carbons (Fsp3) is 0.235. The summed E-state index contributed by atoms with van der Waals surface area (Å²) in [6.45, 7) is 2.72. The summed E-state index contributed by atoms with van der Waals surface area (Å²) in [6, 6.07) is 12.5. The molecule has 2 aromatic heterocycles. The summed E-state index contributed by atoms with van der Waals surface area (Å²) >= 11 is 0. The molecule has 6 nitrogen and oxygen atoms in total. The molecule has 1 aliphatic rings. The van der Waals surface area contributed by atoms with E-state index in [1.807, 2.05) is 12.1 Å². The van der Waals surface area contributed by atoms with E-state index in [0.29, 0.717) is 18.5 Å². The average Bonchev–Trinajstić information content (AvgIpc) is 3.19. The Hall–Kier alpha value is -2.89. The van der Waals surface area contributed by atoms with Crippen LogP contribution in [0.2, 0.25) is 0 Å². The Labute approximate surface area is 134 Å². The minimum atomic E-state index is 0.349. The number of hydrogen-bond donors (Lipinski definition) is 1. The lowest BCUT2D eigenvalue weighted by Crippen LogP contribution is -2.25. The second kappa shape index (κ2) is 5.72. The van der Waals surface area contributed by atoms with Crippen molar-refractivity contribution >= 4 is 17.5 Å². The topological polar surface area (TPSA) is 67.1 Å². The SMILES string of the molecule is CC1Cc2ccccc2N1c1cnnc(NCc2ccco2)n1. The largest absolute Gasteiger partial charge is 0.467 e. The van der Waals surface area contributed by atoms with E-state index in [4.69, 9.17) is 4.42 Å². The first-order valence-electron chi connectivity index (χ1n) is 7.64. The second-order valence-corrected chi connectivity index (χ2v) is 5.62. The van der Waals surface area contributed by atoms with Gasteiger partial charge in [0, 0.05) is 11.7 Å². The lowest BCUT2D eigenvalue weighted by atomic mass is 10.1. The van der Waals surface area contributed by atoms with Crippen molar-refractivity contribution in [2.45, 2.75) is 25.9 Å². The van der Waals surface area contributed by atoms with Crippen LogP contribution in [0.15, 0.2) is 53.3 Å². The molecule has 1 aromatic carbocycles. The van der Waals surface area contributed by atoms with Crippen molar-refractivity contribution in [1.82, 2.24) is 15.2 Å². The Morgan fingerprint density at radius 1 is 1.26 bits per heavy atom. The number of aromatic nitrogens is 3. The first kappa shape index (κ1) is 13.8. The van der Waals surface area contributed by atoms with E-state index in [-0.39, 0.29) is 0 Å². The summed E-state index contributed by atoms with van der Waals surface area (Å²) in [5.41, 5.74) is 2.53. The Morgan fingerprint density at radius 3 is 3.04 bits per heavy atom. The molecular formula is C17H17N5O. The molecule has 0 radical (unpaired) electrons. The van der Waals surface area contributed by atoms with E-state index in [0.717, 1.165) is 18.0 Å². The Bertz CT molecular complexity index is 802. The normalized spacial score (nSPS) is 16.4. The number of rotatable bonds is 4. The minimum Gasteiger partial charge on any atom is -0.467 e. The molecule has 1 N–H and O–H groups in total. The second-order valence-electron chi connectivity index (χ2n) is 5.62. The molecule has 116 valence electrons. The van der Waals surface area contributed by atoms with E-state index >= 15 is 0 Å². The van der Waals surface area contributed by atoms with Gasteiger partial charge in [-0.2, -0.15) is 10.1 Å². The highest BCUT2D eigenvalue weighted by atomic mass is 16.3. The van der Waals surface area contributed by atoms with Crippen LogP contribution in [0.25, 0.3) is 0 Å². The van der Waals surface area contributed by atoms with Gasteiger partial charge in [-0.1, -0.05) is 18.2 Å². The van der Waals surface area contributed by atoms with Crippen LogP contribution < -0.4 is 10.2 Å². The van der Waals surface area contributed by atoms with Crippen LogP contribution in [0.3, 0.4) is 0 Å². The molecule has 3 heterocycles. The van der Waals surface area contributed by atoms with Gasteiger partial charge in [0.2, 0.25) is 5.95 Å².